The van der Waals surface area contributed by atoms with E-state index in [1.165, 1.54) is 18.3 Å². The van der Waals surface area contributed by atoms with Crippen molar-refractivity contribution >= 4 is 17.6 Å². The topological polar surface area (TPSA) is 99.5 Å². The molecule has 6 heteroatoms. The van der Waals surface area contributed by atoms with Crippen molar-refractivity contribution in [1.82, 2.24) is 4.98 Å². The Labute approximate surface area is 114 Å². The van der Waals surface area contributed by atoms with Gasteiger partial charge >= 0.3 is 5.97 Å². The largest absolute Gasteiger partial charge is 0.505 e. The molecule has 0 fully saturated rings. The Balaban J connectivity index is 2.27. The number of benzene rings is 1. The average Bonchev–Trinajstić information content (AvgIpc) is 2.41. The van der Waals surface area contributed by atoms with Gasteiger partial charge in [-0.3, -0.25) is 9.78 Å². The molecule has 0 radical (unpaired) electrons. The average molecular weight is 272 g/mol. The van der Waals surface area contributed by atoms with Gasteiger partial charge in [0, 0.05) is 11.9 Å². The lowest BCUT2D eigenvalue weighted by Crippen LogP contribution is -2.13. The number of aryl methyl sites for hydroxylation is 1. The van der Waals surface area contributed by atoms with Gasteiger partial charge in [-0.05, 0) is 30.7 Å². The predicted octanol–water partition coefficient (Wildman–Crippen LogP) is 2.05. The molecule has 0 saturated carbocycles. The molecule has 0 aliphatic carbocycles. The van der Waals surface area contributed by atoms with E-state index in [2.05, 4.69) is 10.3 Å². The molecule has 1 heterocycles. The first-order valence-electron chi connectivity index (χ1n) is 5.77. The standard InChI is InChI=1S/C14H12N2O4/c1-8-2-3-9(6-11(8)14(19)20)16-13(18)10-4-5-15-7-12(10)17/h2-7,17H,1H3,(H,16,18)(H,19,20). The van der Waals surface area contributed by atoms with E-state index in [4.69, 9.17) is 5.11 Å². The van der Waals surface area contributed by atoms with Gasteiger partial charge in [-0.1, -0.05) is 6.07 Å². The monoisotopic (exact) mass is 272 g/mol. The Morgan fingerprint density at radius 3 is 2.60 bits per heavy atom. The number of anilines is 1. The van der Waals surface area contributed by atoms with E-state index in [1.54, 1.807) is 19.1 Å². The highest BCUT2D eigenvalue weighted by Crippen LogP contribution is 2.19. The second kappa shape index (κ2) is 5.40. The number of carbonyl (C=O) groups is 2. The van der Waals surface area contributed by atoms with Crippen molar-refractivity contribution in [3.63, 3.8) is 0 Å². The van der Waals surface area contributed by atoms with E-state index in [1.807, 2.05) is 0 Å². The Morgan fingerprint density at radius 2 is 1.95 bits per heavy atom. The molecule has 0 saturated heterocycles. The van der Waals surface area contributed by atoms with Crippen molar-refractivity contribution in [1.29, 1.82) is 0 Å². The minimum Gasteiger partial charge on any atom is -0.505 e. The molecule has 1 aromatic heterocycles. The number of carbonyl (C=O) groups excluding carboxylic acids is 1. The summed E-state index contributed by atoms with van der Waals surface area (Å²) in [6, 6.07) is 5.94. The Morgan fingerprint density at radius 1 is 1.20 bits per heavy atom. The molecule has 6 nitrogen and oxygen atoms in total. The molecule has 2 aromatic rings. The van der Waals surface area contributed by atoms with Crippen LogP contribution in [0.25, 0.3) is 0 Å². The van der Waals surface area contributed by atoms with E-state index >= 15 is 0 Å². The van der Waals surface area contributed by atoms with Crippen LogP contribution >= 0.6 is 0 Å². The van der Waals surface area contributed by atoms with Crippen LogP contribution in [-0.2, 0) is 0 Å². The quantitative estimate of drug-likeness (QED) is 0.794. The molecule has 2 rings (SSSR count). The smallest absolute Gasteiger partial charge is 0.336 e. The summed E-state index contributed by atoms with van der Waals surface area (Å²) in [7, 11) is 0. The molecule has 0 unspecified atom stereocenters. The van der Waals surface area contributed by atoms with Crippen LogP contribution in [0.4, 0.5) is 5.69 Å². The lowest BCUT2D eigenvalue weighted by atomic mass is 10.1. The highest BCUT2D eigenvalue weighted by Gasteiger charge is 2.13. The lowest BCUT2D eigenvalue weighted by molar-refractivity contribution is 0.0695. The zero-order valence-corrected chi connectivity index (χ0v) is 10.6. The van der Waals surface area contributed by atoms with E-state index in [-0.39, 0.29) is 16.9 Å². The number of hydrogen-bond donors (Lipinski definition) is 3. The van der Waals surface area contributed by atoms with Gasteiger partial charge < -0.3 is 15.5 Å². The van der Waals surface area contributed by atoms with Gasteiger partial charge in [0.2, 0.25) is 0 Å². The number of amides is 1. The Hall–Kier alpha value is -2.89. The molecule has 1 aromatic carbocycles. The van der Waals surface area contributed by atoms with Crippen LogP contribution in [0, 0.1) is 6.92 Å². The first-order valence-corrected chi connectivity index (χ1v) is 5.77. The van der Waals surface area contributed by atoms with E-state index < -0.39 is 11.9 Å². The maximum absolute atomic E-state index is 12.0. The number of hydrogen-bond acceptors (Lipinski definition) is 4. The van der Waals surface area contributed by atoms with Crippen LogP contribution in [0.2, 0.25) is 0 Å². The third kappa shape index (κ3) is 2.74. The van der Waals surface area contributed by atoms with E-state index in [0.717, 1.165) is 6.20 Å². The van der Waals surface area contributed by atoms with Crippen molar-refractivity contribution in [2.75, 3.05) is 5.32 Å². The Kier molecular flexibility index (Phi) is 3.65. The van der Waals surface area contributed by atoms with E-state index in [9.17, 15) is 14.7 Å². The fraction of sp³-hybridized carbons (Fsp3) is 0.0714. The van der Waals surface area contributed by atoms with Crippen molar-refractivity contribution < 1.29 is 19.8 Å². The van der Waals surface area contributed by atoms with Crippen LogP contribution in [-0.4, -0.2) is 27.1 Å². The second-order valence-electron chi connectivity index (χ2n) is 4.18. The van der Waals surface area contributed by atoms with Gasteiger partial charge in [0.05, 0.1) is 17.3 Å². The summed E-state index contributed by atoms with van der Waals surface area (Å²) in [5.41, 5.74) is 1.12. The summed E-state index contributed by atoms with van der Waals surface area (Å²) >= 11 is 0. The van der Waals surface area contributed by atoms with Gasteiger partial charge in [0.1, 0.15) is 5.75 Å². The summed E-state index contributed by atoms with van der Waals surface area (Å²) in [4.78, 5) is 26.7. The molecular weight excluding hydrogens is 260 g/mol. The first-order chi connectivity index (χ1) is 9.49. The third-order valence-electron chi connectivity index (χ3n) is 2.77. The number of aromatic nitrogens is 1. The first kappa shape index (κ1) is 13.5. The van der Waals surface area contributed by atoms with Gasteiger partial charge in [-0.2, -0.15) is 0 Å². The fourth-order valence-corrected chi connectivity index (χ4v) is 1.71. The molecule has 20 heavy (non-hydrogen) atoms. The lowest BCUT2D eigenvalue weighted by Gasteiger charge is -2.08. The van der Waals surface area contributed by atoms with Gasteiger partial charge in [-0.15, -0.1) is 0 Å². The number of nitrogens with zero attached hydrogens (tertiary/aromatic N) is 1. The SMILES string of the molecule is Cc1ccc(NC(=O)c2ccncc2O)cc1C(=O)O. The summed E-state index contributed by atoms with van der Waals surface area (Å²) in [5, 5.41) is 21.1. The molecule has 0 spiro atoms. The molecule has 3 N–H and O–H groups in total. The maximum Gasteiger partial charge on any atom is 0.336 e. The minimum atomic E-state index is -1.06. The van der Waals surface area contributed by atoms with Gasteiger partial charge in [-0.25, -0.2) is 4.79 Å². The zero-order chi connectivity index (χ0) is 14.7. The maximum atomic E-state index is 12.0. The molecular formula is C14H12N2O4. The van der Waals surface area contributed by atoms with Gasteiger partial charge in [0.15, 0.2) is 0 Å². The highest BCUT2D eigenvalue weighted by atomic mass is 16.4. The second-order valence-corrected chi connectivity index (χ2v) is 4.18. The number of rotatable bonds is 3. The van der Waals surface area contributed by atoms with Crippen LogP contribution in [0.1, 0.15) is 26.3 Å². The molecule has 102 valence electrons. The molecule has 0 aliphatic heterocycles. The summed E-state index contributed by atoms with van der Waals surface area (Å²) in [6.07, 6.45) is 2.54. The summed E-state index contributed by atoms with van der Waals surface area (Å²) < 4.78 is 0. The van der Waals surface area contributed by atoms with Gasteiger partial charge in [0.25, 0.3) is 5.91 Å². The van der Waals surface area contributed by atoms with Crippen molar-refractivity contribution in [3.8, 4) is 5.75 Å². The molecule has 0 atom stereocenters. The third-order valence-corrected chi connectivity index (χ3v) is 2.77. The van der Waals surface area contributed by atoms with Crippen LogP contribution in [0.3, 0.4) is 0 Å². The van der Waals surface area contributed by atoms with Crippen molar-refractivity contribution in [2.45, 2.75) is 6.92 Å². The molecule has 0 bridgehead atoms. The molecule has 0 aliphatic rings. The number of carboxylic acids is 1. The Bertz CT molecular complexity index is 683. The normalized spacial score (nSPS) is 10.1. The number of carboxylic acid groups (broad SMARTS) is 1. The van der Waals surface area contributed by atoms with Crippen LogP contribution < -0.4 is 5.32 Å². The number of aromatic hydroxyl groups is 1. The van der Waals surface area contributed by atoms with Crippen molar-refractivity contribution in [3.05, 3.63) is 53.3 Å². The van der Waals surface area contributed by atoms with E-state index in [0.29, 0.717) is 11.3 Å². The highest BCUT2D eigenvalue weighted by molar-refractivity contribution is 6.06. The minimum absolute atomic E-state index is 0.0671. The van der Waals surface area contributed by atoms with Crippen LogP contribution in [0.5, 0.6) is 5.75 Å². The number of pyridine rings is 1. The van der Waals surface area contributed by atoms with Crippen LogP contribution in [0.15, 0.2) is 36.7 Å². The summed E-state index contributed by atoms with van der Waals surface area (Å²) in [6.45, 7) is 1.67. The fourth-order valence-electron chi connectivity index (χ4n) is 1.71. The zero-order valence-electron chi connectivity index (χ0n) is 10.6. The predicted molar refractivity (Wildman–Crippen MR) is 72.0 cm³/mol. The molecule has 1 amide bonds. The van der Waals surface area contributed by atoms with Crippen molar-refractivity contribution in [2.24, 2.45) is 0 Å². The number of nitrogens with one attached hydrogen (secondary N) is 1. The summed E-state index contributed by atoms with van der Waals surface area (Å²) in [5.74, 6) is -1.84. The number of aromatic carboxylic acids is 1.